The summed E-state index contributed by atoms with van der Waals surface area (Å²) in [7, 11) is 2.06. The summed E-state index contributed by atoms with van der Waals surface area (Å²) in [4.78, 5) is 14.0. The molecule has 0 aromatic carbocycles. The molecule has 0 aromatic heterocycles. The Kier molecular flexibility index (Phi) is 6.92. The molecule has 3 atom stereocenters. The molecule has 0 bridgehead atoms. The summed E-state index contributed by atoms with van der Waals surface area (Å²) in [5.41, 5.74) is 5.15. The number of nitrogens with zero attached hydrogens (tertiary/aromatic N) is 1. The highest BCUT2D eigenvalue weighted by Crippen LogP contribution is 2.18. The van der Waals surface area contributed by atoms with Crippen molar-refractivity contribution in [3.8, 4) is 0 Å². The van der Waals surface area contributed by atoms with Crippen LogP contribution in [0.1, 0.15) is 46.5 Å². The monoisotopic (exact) mass is 286 g/mol. The first-order chi connectivity index (χ1) is 9.36. The van der Waals surface area contributed by atoms with Crippen LogP contribution < -0.4 is 5.73 Å². The van der Waals surface area contributed by atoms with Crippen LogP contribution >= 0.6 is 0 Å². The standard InChI is InChI=1S/C15H30N2O3/c1-5-19-14(18)15(3,16)10-12(2)17(4)11-13-8-6-7-9-20-13/h12-13H,5-11,16H2,1-4H3. The van der Waals surface area contributed by atoms with Crippen molar-refractivity contribution in [2.45, 2.75) is 64.1 Å². The fourth-order valence-electron chi connectivity index (χ4n) is 2.60. The van der Waals surface area contributed by atoms with Crippen molar-refractivity contribution in [3.05, 3.63) is 0 Å². The van der Waals surface area contributed by atoms with Crippen molar-refractivity contribution in [2.75, 3.05) is 26.8 Å². The average molecular weight is 286 g/mol. The predicted octanol–water partition coefficient (Wildman–Crippen LogP) is 1.55. The zero-order valence-electron chi connectivity index (χ0n) is 13.4. The molecule has 0 aliphatic carbocycles. The van der Waals surface area contributed by atoms with Crippen molar-refractivity contribution in [3.63, 3.8) is 0 Å². The Morgan fingerprint density at radius 1 is 1.55 bits per heavy atom. The molecule has 5 heteroatoms. The van der Waals surface area contributed by atoms with Crippen LogP contribution in [0.5, 0.6) is 0 Å². The van der Waals surface area contributed by atoms with Gasteiger partial charge in [-0.2, -0.15) is 0 Å². The zero-order chi connectivity index (χ0) is 15.2. The minimum atomic E-state index is -0.933. The molecule has 0 aromatic rings. The van der Waals surface area contributed by atoms with E-state index in [-0.39, 0.29) is 12.0 Å². The van der Waals surface area contributed by atoms with Gasteiger partial charge in [0.05, 0.1) is 12.7 Å². The van der Waals surface area contributed by atoms with E-state index in [1.54, 1.807) is 13.8 Å². The third kappa shape index (κ3) is 5.38. The van der Waals surface area contributed by atoms with Crippen LogP contribution in [0.2, 0.25) is 0 Å². The molecule has 5 nitrogen and oxygen atoms in total. The minimum absolute atomic E-state index is 0.208. The first-order valence-corrected chi connectivity index (χ1v) is 7.64. The fraction of sp³-hybridized carbons (Fsp3) is 0.933. The first kappa shape index (κ1) is 17.4. The largest absolute Gasteiger partial charge is 0.465 e. The summed E-state index contributed by atoms with van der Waals surface area (Å²) < 4.78 is 10.8. The second-order valence-corrected chi connectivity index (χ2v) is 6.12. The molecule has 0 spiro atoms. The number of likely N-dealkylation sites (N-methyl/N-ethyl adjacent to an activating group) is 1. The maximum atomic E-state index is 11.8. The highest BCUT2D eigenvalue weighted by atomic mass is 16.5. The van der Waals surface area contributed by atoms with Crippen LogP contribution in [0.3, 0.4) is 0 Å². The highest BCUT2D eigenvalue weighted by molar-refractivity contribution is 5.80. The molecule has 0 saturated carbocycles. The molecule has 1 heterocycles. The van der Waals surface area contributed by atoms with Crippen LogP contribution in [0.15, 0.2) is 0 Å². The van der Waals surface area contributed by atoms with Gasteiger partial charge in [0.25, 0.3) is 0 Å². The number of rotatable bonds is 7. The van der Waals surface area contributed by atoms with Crippen LogP contribution in [0.25, 0.3) is 0 Å². The summed E-state index contributed by atoms with van der Waals surface area (Å²) >= 11 is 0. The predicted molar refractivity (Wildman–Crippen MR) is 79.5 cm³/mol. The van der Waals surface area contributed by atoms with Gasteiger partial charge in [-0.15, -0.1) is 0 Å². The number of esters is 1. The summed E-state index contributed by atoms with van der Waals surface area (Å²) in [6.45, 7) is 7.75. The summed E-state index contributed by atoms with van der Waals surface area (Å²) in [5.74, 6) is -0.325. The van der Waals surface area contributed by atoms with Crippen molar-refractivity contribution in [2.24, 2.45) is 5.73 Å². The van der Waals surface area contributed by atoms with Crippen molar-refractivity contribution >= 4 is 5.97 Å². The minimum Gasteiger partial charge on any atom is -0.465 e. The second-order valence-electron chi connectivity index (χ2n) is 6.12. The fourth-order valence-corrected chi connectivity index (χ4v) is 2.60. The average Bonchev–Trinajstić information content (AvgIpc) is 2.39. The van der Waals surface area contributed by atoms with Gasteiger partial charge < -0.3 is 20.1 Å². The summed E-state index contributed by atoms with van der Waals surface area (Å²) in [6.07, 6.45) is 4.41. The maximum absolute atomic E-state index is 11.8. The van der Waals surface area contributed by atoms with E-state index in [2.05, 4.69) is 18.9 Å². The Hall–Kier alpha value is -0.650. The molecule has 20 heavy (non-hydrogen) atoms. The number of hydrogen-bond donors (Lipinski definition) is 1. The van der Waals surface area contributed by atoms with Gasteiger partial charge in [-0.25, -0.2) is 0 Å². The Morgan fingerprint density at radius 3 is 2.80 bits per heavy atom. The molecule has 118 valence electrons. The molecule has 0 amide bonds. The number of carbonyl (C=O) groups excluding carboxylic acids is 1. The lowest BCUT2D eigenvalue weighted by Gasteiger charge is -2.34. The number of carbonyl (C=O) groups is 1. The van der Waals surface area contributed by atoms with Crippen molar-refractivity contribution < 1.29 is 14.3 Å². The Morgan fingerprint density at radius 2 is 2.25 bits per heavy atom. The quantitative estimate of drug-likeness (QED) is 0.719. The second kappa shape index (κ2) is 7.96. The van der Waals surface area contributed by atoms with E-state index in [1.165, 1.54) is 12.8 Å². The molecular weight excluding hydrogens is 256 g/mol. The summed E-state index contributed by atoms with van der Waals surface area (Å²) in [6, 6.07) is 0.208. The number of hydrogen-bond acceptors (Lipinski definition) is 5. The van der Waals surface area contributed by atoms with E-state index in [4.69, 9.17) is 15.2 Å². The van der Waals surface area contributed by atoms with Crippen LogP contribution in [0, 0.1) is 0 Å². The lowest BCUT2D eigenvalue weighted by atomic mass is 9.94. The normalized spacial score (nSPS) is 24.2. The van der Waals surface area contributed by atoms with Gasteiger partial charge in [-0.3, -0.25) is 4.79 Å². The van der Waals surface area contributed by atoms with E-state index in [9.17, 15) is 4.79 Å². The molecule has 1 fully saturated rings. The highest BCUT2D eigenvalue weighted by Gasteiger charge is 2.33. The van der Waals surface area contributed by atoms with Gasteiger partial charge in [-0.05, 0) is 53.5 Å². The van der Waals surface area contributed by atoms with Crippen molar-refractivity contribution in [1.82, 2.24) is 4.90 Å². The van der Waals surface area contributed by atoms with Gasteiger partial charge in [-0.1, -0.05) is 0 Å². The van der Waals surface area contributed by atoms with E-state index in [0.717, 1.165) is 19.6 Å². The third-order valence-corrected chi connectivity index (χ3v) is 3.98. The third-order valence-electron chi connectivity index (χ3n) is 3.98. The zero-order valence-corrected chi connectivity index (χ0v) is 13.4. The lowest BCUT2D eigenvalue weighted by molar-refractivity contribution is -0.149. The van der Waals surface area contributed by atoms with E-state index in [1.807, 2.05) is 0 Å². The Labute approximate surface area is 122 Å². The van der Waals surface area contributed by atoms with Gasteiger partial charge in [0, 0.05) is 19.2 Å². The first-order valence-electron chi connectivity index (χ1n) is 7.64. The Bertz CT molecular complexity index is 301. The van der Waals surface area contributed by atoms with Crippen LogP contribution in [0.4, 0.5) is 0 Å². The Balaban J connectivity index is 2.43. The molecular formula is C15H30N2O3. The molecule has 3 unspecified atom stereocenters. The molecule has 0 radical (unpaired) electrons. The number of ether oxygens (including phenoxy) is 2. The van der Waals surface area contributed by atoms with E-state index < -0.39 is 5.54 Å². The summed E-state index contributed by atoms with van der Waals surface area (Å²) in [5, 5.41) is 0. The molecule has 2 N–H and O–H groups in total. The van der Waals surface area contributed by atoms with Crippen LogP contribution in [-0.2, 0) is 14.3 Å². The molecule has 1 rings (SSSR count). The maximum Gasteiger partial charge on any atom is 0.325 e. The van der Waals surface area contributed by atoms with E-state index in [0.29, 0.717) is 19.1 Å². The van der Waals surface area contributed by atoms with Gasteiger partial charge in [0.15, 0.2) is 0 Å². The lowest BCUT2D eigenvalue weighted by Crippen LogP contribution is -2.51. The molecule has 1 aliphatic heterocycles. The van der Waals surface area contributed by atoms with Gasteiger partial charge in [0.1, 0.15) is 5.54 Å². The number of nitrogens with two attached hydrogens (primary N) is 1. The van der Waals surface area contributed by atoms with Crippen LogP contribution in [-0.4, -0.2) is 55.4 Å². The smallest absolute Gasteiger partial charge is 0.325 e. The SMILES string of the molecule is CCOC(=O)C(C)(N)CC(C)N(C)CC1CCCCO1. The van der Waals surface area contributed by atoms with Crippen molar-refractivity contribution in [1.29, 1.82) is 0 Å². The topological polar surface area (TPSA) is 64.8 Å². The van der Waals surface area contributed by atoms with E-state index >= 15 is 0 Å². The van der Waals surface area contributed by atoms with Gasteiger partial charge in [0.2, 0.25) is 0 Å². The molecule has 1 saturated heterocycles. The molecule has 1 aliphatic rings. The van der Waals surface area contributed by atoms with Gasteiger partial charge >= 0.3 is 5.97 Å².